The average molecular weight is 265 g/mol. The van der Waals surface area contributed by atoms with Crippen LogP contribution in [0.1, 0.15) is 17.7 Å². The number of hydrogen-bond donors (Lipinski definition) is 2. The van der Waals surface area contributed by atoms with E-state index in [1.54, 1.807) is 0 Å². The number of fused-ring (bicyclic) bond motifs is 3. The molecule has 78 valence electrons. The normalized spacial score (nSPS) is 20.5. The van der Waals surface area contributed by atoms with Crippen molar-refractivity contribution in [3.8, 4) is 0 Å². The highest BCUT2D eigenvalue weighted by atomic mass is 79.9. The topological polar surface area (TPSA) is 41.8 Å². The Balaban J connectivity index is 2.24. The van der Waals surface area contributed by atoms with Crippen molar-refractivity contribution in [1.82, 2.24) is 4.98 Å². The zero-order valence-corrected chi connectivity index (χ0v) is 9.97. The van der Waals surface area contributed by atoms with E-state index in [1.165, 1.54) is 22.2 Å². The SMILES string of the molecule is NC1CCc2[nH]c3cc(Br)ccc3c2C1. The third-order valence-corrected chi connectivity index (χ3v) is 3.68. The minimum atomic E-state index is 0.333. The summed E-state index contributed by atoms with van der Waals surface area (Å²) >= 11 is 3.49. The maximum atomic E-state index is 6.01. The molecule has 0 spiro atoms. The van der Waals surface area contributed by atoms with Gasteiger partial charge >= 0.3 is 0 Å². The molecule has 0 fully saturated rings. The van der Waals surface area contributed by atoms with Crippen LogP contribution in [0.25, 0.3) is 10.9 Å². The van der Waals surface area contributed by atoms with Gasteiger partial charge in [-0.2, -0.15) is 0 Å². The lowest BCUT2D eigenvalue weighted by molar-refractivity contribution is 0.574. The molecule has 3 heteroatoms. The maximum absolute atomic E-state index is 6.01. The van der Waals surface area contributed by atoms with Crippen molar-refractivity contribution in [3.63, 3.8) is 0 Å². The fraction of sp³-hybridized carbons (Fsp3) is 0.333. The van der Waals surface area contributed by atoms with Gasteiger partial charge in [0.1, 0.15) is 0 Å². The standard InChI is InChI=1S/C12H13BrN2/c13-7-1-3-9-10-6-8(14)2-4-11(10)15-12(9)5-7/h1,3,5,8,15H,2,4,6,14H2. The molecule has 1 aromatic carbocycles. The largest absolute Gasteiger partial charge is 0.358 e. The fourth-order valence-electron chi connectivity index (χ4n) is 2.42. The summed E-state index contributed by atoms with van der Waals surface area (Å²) in [4.78, 5) is 3.49. The molecule has 15 heavy (non-hydrogen) atoms. The Bertz CT molecular complexity index is 516. The van der Waals surface area contributed by atoms with Crippen molar-refractivity contribution in [1.29, 1.82) is 0 Å². The van der Waals surface area contributed by atoms with Crippen molar-refractivity contribution in [2.24, 2.45) is 5.73 Å². The van der Waals surface area contributed by atoms with E-state index in [4.69, 9.17) is 5.73 Å². The Kier molecular flexibility index (Phi) is 2.11. The predicted octanol–water partition coefficient (Wildman–Crippen LogP) is 2.75. The zero-order valence-electron chi connectivity index (χ0n) is 8.39. The number of rotatable bonds is 0. The summed E-state index contributed by atoms with van der Waals surface area (Å²) in [6, 6.07) is 6.74. The first kappa shape index (κ1) is 9.43. The van der Waals surface area contributed by atoms with Gasteiger partial charge in [-0.15, -0.1) is 0 Å². The van der Waals surface area contributed by atoms with E-state index in [2.05, 4.69) is 39.1 Å². The molecule has 1 aromatic heterocycles. The van der Waals surface area contributed by atoms with E-state index in [0.29, 0.717) is 6.04 Å². The van der Waals surface area contributed by atoms with Crippen LogP contribution in [0.3, 0.4) is 0 Å². The van der Waals surface area contributed by atoms with Crippen LogP contribution in [0.5, 0.6) is 0 Å². The number of nitrogens with two attached hydrogens (primary N) is 1. The molecule has 2 nitrogen and oxygen atoms in total. The second-order valence-electron chi connectivity index (χ2n) is 4.27. The van der Waals surface area contributed by atoms with Gasteiger partial charge in [0, 0.05) is 27.1 Å². The molecule has 0 bridgehead atoms. The highest BCUT2D eigenvalue weighted by molar-refractivity contribution is 9.10. The highest BCUT2D eigenvalue weighted by Gasteiger charge is 2.19. The third kappa shape index (κ3) is 1.50. The summed E-state index contributed by atoms with van der Waals surface area (Å²) in [7, 11) is 0. The molecule has 1 aliphatic rings. The van der Waals surface area contributed by atoms with Crippen LogP contribution in [-0.4, -0.2) is 11.0 Å². The molecule has 0 amide bonds. The first-order chi connectivity index (χ1) is 7.24. The molecule has 2 aromatic rings. The quantitative estimate of drug-likeness (QED) is 0.755. The minimum Gasteiger partial charge on any atom is -0.358 e. The molecule has 0 saturated heterocycles. The van der Waals surface area contributed by atoms with E-state index in [-0.39, 0.29) is 0 Å². The van der Waals surface area contributed by atoms with Gasteiger partial charge in [0.2, 0.25) is 0 Å². The summed E-state index contributed by atoms with van der Waals surface area (Å²) in [5.41, 5.74) is 10.0. The number of hydrogen-bond acceptors (Lipinski definition) is 1. The van der Waals surface area contributed by atoms with Crippen LogP contribution in [0, 0.1) is 0 Å². The number of aryl methyl sites for hydroxylation is 1. The Morgan fingerprint density at radius 3 is 3.13 bits per heavy atom. The first-order valence-corrected chi connectivity index (χ1v) is 6.08. The van der Waals surface area contributed by atoms with Gasteiger partial charge in [0.25, 0.3) is 0 Å². The summed E-state index contributed by atoms with van der Waals surface area (Å²) < 4.78 is 1.12. The summed E-state index contributed by atoms with van der Waals surface area (Å²) in [5.74, 6) is 0. The lowest BCUT2D eigenvalue weighted by atomic mass is 9.92. The third-order valence-electron chi connectivity index (χ3n) is 3.19. The number of aromatic amines is 1. The van der Waals surface area contributed by atoms with E-state index in [9.17, 15) is 0 Å². The van der Waals surface area contributed by atoms with Crippen LogP contribution in [-0.2, 0) is 12.8 Å². The first-order valence-electron chi connectivity index (χ1n) is 5.28. The van der Waals surface area contributed by atoms with Crippen LogP contribution in [0.15, 0.2) is 22.7 Å². The molecule has 0 radical (unpaired) electrons. The van der Waals surface area contributed by atoms with Gasteiger partial charge in [-0.3, -0.25) is 0 Å². The van der Waals surface area contributed by atoms with Gasteiger partial charge in [-0.1, -0.05) is 22.0 Å². The lowest BCUT2D eigenvalue weighted by Gasteiger charge is -2.17. The molecule has 1 heterocycles. The second kappa shape index (κ2) is 3.35. The smallest absolute Gasteiger partial charge is 0.0470 e. The number of aromatic nitrogens is 1. The van der Waals surface area contributed by atoms with Crippen LogP contribution < -0.4 is 5.73 Å². The number of benzene rings is 1. The Morgan fingerprint density at radius 1 is 1.40 bits per heavy atom. The van der Waals surface area contributed by atoms with Gasteiger partial charge < -0.3 is 10.7 Å². The van der Waals surface area contributed by atoms with Crippen LogP contribution >= 0.6 is 15.9 Å². The van der Waals surface area contributed by atoms with E-state index < -0.39 is 0 Å². The predicted molar refractivity (Wildman–Crippen MR) is 66.0 cm³/mol. The van der Waals surface area contributed by atoms with E-state index in [1.807, 2.05) is 0 Å². The van der Waals surface area contributed by atoms with E-state index >= 15 is 0 Å². The van der Waals surface area contributed by atoms with Gasteiger partial charge in [0.05, 0.1) is 0 Å². The molecule has 1 unspecified atom stereocenters. The summed E-state index contributed by atoms with van der Waals surface area (Å²) in [5, 5.41) is 1.34. The van der Waals surface area contributed by atoms with Crippen molar-refractivity contribution in [2.45, 2.75) is 25.3 Å². The molecule has 0 saturated carbocycles. The van der Waals surface area contributed by atoms with Crippen LogP contribution in [0.4, 0.5) is 0 Å². The maximum Gasteiger partial charge on any atom is 0.0470 e. The average Bonchev–Trinajstić information content (AvgIpc) is 2.54. The molecular formula is C12H13BrN2. The summed E-state index contributed by atoms with van der Waals surface area (Å²) in [6.07, 6.45) is 3.20. The Morgan fingerprint density at radius 2 is 2.27 bits per heavy atom. The Hall–Kier alpha value is -0.800. The molecule has 1 aliphatic carbocycles. The van der Waals surface area contributed by atoms with Gasteiger partial charge in [0.15, 0.2) is 0 Å². The molecule has 3 N–H and O–H groups in total. The highest BCUT2D eigenvalue weighted by Crippen LogP contribution is 2.30. The zero-order chi connectivity index (χ0) is 10.4. The van der Waals surface area contributed by atoms with Crippen molar-refractivity contribution >= 4 is 26.8 Å². The number of H-pyrrole nitrogens is 1. The van der Waals surface area contributed by atoms with Crippen molar-refractivity contribution in [2.75, 3.05) is 0 Å². The van der Waals surface area contributed by atoms with Crippen molar-refractivity contribution in [3.05, 3.63) is 33.9 Å². The molecule has 0 aliphatic heterocycles. The number of halogens is 1. The van der Waals surface area contributed by atoms with Crippen molar-refractivity contribution < 1.29 is 0 Å². The fourth-order valence-corrected chi connectivity index (χ4v) is 2.79. The van der Waals surface area contributed by atoms with Crippen LogP contribution in [0.2, 0.25) is 0 Å². The van der Waals surface area contributed by atoms with Gasteiger partial charge in [-0.05, 0) is 37.0 Å². The summed E-state index contributed by atoms with van der Waals surface area (Å²) in [6.45, 7) is 0. The Labute approximate surface area is 97.0 Å². The van der Waals surface area contributed by atoms with E-state index in [0.717, 1.165) is 23.7 Å². The molecule has 1 atom stereocenters. The molecule has 3 rings (SSSR count). The molecular weight excluding hydrogens is 252 g/mol. The second-order valence-corrected chi connectivity index (χ2v) is 5.19. The lowest BCUT2D eigenvalue weighted by Crippen LogP contribution is -2.27. The minimum absolute atomic E-state index is 0.333. The number of nitrogens with one attached hydrogen (secondary N) is 1. The van der Waals surface area contributed by atoms with Gasteiger partial charge in [-0.25, -0.2) is 0 Å². The monoisotopic (exact) mass is 264 g/mol.